The fourth-order valence-electron chi connectivity index (χ4n) is 2.10. The minimum atomic E-state index is 1.22. The first-order valence-electron chi connectivity index (χ1n) is 5.33. The largest absolute Gasteiger partial charge is 0.305 e. The molecular formula is C14H12N2. The van der Waals surface area contributed by atoms with E-state index in [1.165, 1.54) is 22.0 Å². The van der Waals surface area contributed by atoms with Gasteiger partial charge in [0.2, 0.25) is 0 Å². The lowest BCUT2D eigenvalue weighted by atomic mass is 10.0. The molecule has 2 nitrogen and oxygen atoms in total. The lowest BCUT2D eigenvalue weighted by Crippen LogP contribution is -1.95. The third kappa shape index (κ3) is 1.31. The third-order valence-corrected chi connectivity index (χ3v) is 2.86. The number of imidazole rings is 1. The van der Waals surface area contributed by atoms with Crippen molar-refractivity contribution in [3.05, 3.63) is 60.7 Å². The van der Waals surface area contributed by atoms with Crippen LogP contribution >= 0.6 is 0 Å². The van der Waals surface area contributed by atoms with Crippen LogP contribution in [0.15, 0.2) is 55.1 Å². The van der Waals surface area contributed by atoms with Crippen LogP contribution in [0, 0.1) is 6.92 Å². The SMILES string of the molecule is Cc1ccc2ccccc2c1-n1ccnc1. The zero-order valence-corrected chi connectivity index (χ0v) is 9.09. The molecule has 78 valence electrons. The second-order valence-corrected chi connectivity index (χ2v) is 3.92. The summed E-state index contributed by atoms with van der Waals surface area (Å²) < 4.78 is 2.07. The van der Waals surface area contributed by atoms with Crippen molar-refractivity contribution in [2.45, 2.75) is 6.92 Å². The molecule has 0 bridgehead atoms. The van der Waals surface area contributed by atoms with Crippen LogP contribution in [0.4, 0.5) is 0 Å². The van der Waals surface area contributed by atoms with Gasteiger partial charge in [-0.05, 0) is 17.9 Å². The van der Waals surface area contributed by atoms with Crippen molar-refractivity contribution in [3.63, 3.8) is 0 Å². The maximum atomic E-state index is 4.11. The standard InChI is InChI=1S/C14H12N2/c1-11-6-7-12-4-2-3-5-13(12)14(11)16-9-8-15-10-16/h2-10H,1H3. The number of fused-ring (bicyclic) bond motifs is 1. The molecule has 0 amide bonds. The Balaban J connectivity index is 2.42. The van der Waals surface area contributed by atoms with Gasteiger partial charge in [0.15, 0.2) is 0 Å². The van der Waals surface area contributed by atoms with Gasteiger partial charge in [0.05, 0.1) is 12.0 Å². The molecule has 0 N–H and O–H groups in total. The molecule has 0 spiro atoms. The second-order valence-electron chi connectivity index (χ2n) is 3.92. The van der Waals surface area contributed by atoms with Crippen LogP contribution in [0.5, 0.6) is 0 Å². The summed E-state index contributed by atoms with van der Waals surface area (Å²) in [7, 11) is 0. The Kier molecular flexibility index (Phi) is 2.00. The van der Waals surface area contributed by atoms with Crippen LogP contribution in [0.3, 0.4) is 0 Å². The van der Waals surface area contributed by atoms with E-state index in [2.05, 4.69) is 52.9 Å². The maximum absolute atomic E-state index is 4.11. The number of aryl methyl sites for hydroxylation is 1. The normalized spacial score (nSPS) is 10.8. The molecule has 0 aliphatic rings. The van der Waals surface area contributed by atoms with Crippen molar-refractivity contribution >= 4 is 10.8 Å². The minimum Gasteiger partial charge on any atom is -0.305 e. The number of hydrogen-bond donors (Lipinski definition) is 0. The summed E-state index contributed by atoms with van der Waals surface area (Å²) in [5.41, 5.74) is 2.48. The van der Waals surface area contributed by atoms with Gasteiger partial charge in [0, 0.05) is 17.8 Å². The molecule has 0 saturated carbocycles. The van der Waals surface area contributed by atoms with Gasteiger partial charge < -0.3 is 4.57 Å². The fraction of sp³-hybridized carbons (Fsp3) is 0.0714. The summed E-state index contributed by atoms with van der Waals surface area (Å²) in [6.07, 6.45) is 5.63. The van der Waals surface area contributed by atoms with E-state index in [0.717, 1.165) is 0 Å². The Morgan fingerprint density at radius 3 is 2.75 bits per heavy atom. The van der Waals surface area contributed by atoms with Crippen LogP contribution in [-0.2, 0) is 0 Å². The number of rotatable bonds is 1. The van der Waals surface area contributed by atoms with Crippen molar-refractivity contribution in [1.29, 1.82) is 0 Å². The molecule has 0 saturated heterocycles. The summed E-state index contributed by atoms with van der Waals surface area (Å²) in [5, 5.41) is 2.53. The smallest absolute Gasteiger partial charge is 0.0991 e. The maximum Gasteiger partial charge on any atom is 0.0991 e. The van der Waals surface area contributed by atoms with Gasteiger partial charge in [-0.1, -0.05) is 36.4 Å². The zero-order chi connectivity index (χ0) is 11.0. The van der Waals surface area contributed by atoms with Crippen molar-refractivity contribution in [3.8, 4) is 5.69 Å². The van der Waals surface area contributed by atoms with Crippen LogP contribution in [0.2, 0.25) is 0 Å². The first kappa shape index (κ1) is 9.16. The zero-order valence-electron chi connectivity index (χ0n) is 9.09. The van der Waals surface area contributed by atoms with Crippen molar-refractivity contribution < 1.29 is 0 Å². The van der Waals surface area contributed by atoms with E-state index in [9.17, 15) is 0 Å². The molecule has 2 aromatic carbocycles. The third-order valence-electron chi connectivity index (χ3n) is 2.86. The Bertz CT molecular complexity index is 624. The molecule has 2 heteroatoms. The molecule has 0 fully saturated rings. The Hall–Kier alpha value is -2.09. The van der Waals surface area contributed by atoms with Crippen LogP contribution in [0.1, 0.15) is 5.56 Å². The number of nitrogens with zero attached hydrogens (tertiary/aromatic N) is 2. The Labute approximate surface area is 94.2 Å². The molecule has 16 heavy (non-hydrogen) atoms. The first-order chi connectivity index (χ1) is 7.86. The number of benzene rings is 2. The van der Waals surface area contributed by atoms with Gasteiger partial charge in [0.1, 0.15) is 0 Å². The Morgan fingerprint density at radius 1 is 1.06 bits per heavy atom. The highest BCUT2D eigenvalue weighted by molar-refractivity contribution is 5.91. The summed E-state index contributed by atoms with van der Waals surface area (Å²) >= 11 is 0. The summed E-state index contributed by atoms with van der Waals surface area (Å²) in [6, 6.07) is 12.7. The average Bonchev–Trinajstić information content (AvgIpc) is 2.82. The van der Waals surface area contributed by atoms with E-state index in [-0.39, 0.29) is 0 Å². The molecule has 0 radical (unpaired) electrons. The van der Waals surface area contributed by atoms with E-state index >= 15 is 0 Å². The lowest BCUT2D eigenvalue weighted by Gasteiger charge is -2.10. The minimum absolute atomic E-state index is 1.22. The van der Waals surface area contributed by atoms with Gasteiger partial charge in [-0.25, -0.2) is 4.98 Å². The Morgan fingerprint density at radius 2 is 1.94 bits per heavy atom. The molecule has 0 aliphatic carbocycles. The van der Waals surface area contributed by atoms with Gasteiger partial charge in [-0.2, -0.15) is 0 Å². The van der Waals surface area contributed by atoms with E-state index in [0.29, 0.717) is 0 Å². The van der Waals surface area contributed by atoms with Gasteiger partial charge in [-0.3, -0.25) is 0 Å². The van der Waals surface area contributed by atoms with Crippen LogP contribution in [-0.4, -0.2) is 9.55 Å². The van der Waals surface area contributed by atoms with Crippen molar-refractivity contribution in [2.75, 3.05) is 0 Å². The van der Waals surface area contributed by atoms with Crippen molar-refractivity contribution in [1.82, 2.24) is 9.55 Å². The molecule has 3 rings (SSSR count). The fourth-order valence-corrected chi connectivity index (χ4v) is 2.10. The van der Waals surface area contributed by atoms with Crippen LogP contribution < -0.4 is 0 Å². The lowest BCUT2D eigenvalue weighted by molar-refractivity contribution is 1.05. The van der Waals surface area contributed by atoms with Gasteiger partial charge >= 0.3 is 0 Å². The number of hydrogen-bond acceptors (Lipinski definition) is 1. The first-order valence-corrected chi connectivity index (χ1v) is 5.33. The topological polar surface area (TPSA) is 17.8 Å². The predicted octanol–water partition coefficient (Wildman–Crippen LogP) is 3.33. The van der Waals surface area contributed by atoms with E-state index in [1.807, 2.05) is 12.5 Å². The van der Waals surface area contributed by atoms with Gasteiger partial charge in [-0.15, -0.1) is 0 Å². The molecule has 1 aromatic heterocycles. The molecule has 1 heterocycles. The monoisotopic (exact) mass is 208 g/mol. The molecular weight excluding hydrogens is 196 g/mol. The van der Waals surface area contributed by atoms with Crippen molar-refractivity contribution in [2.24, 2.45) is 0 Å². The molecule has 0 aliphatic heterocycles. The van der Waals surface area contributed by atoms with E-state index < -0.39 is 0 Å². The quantitative estimate of drug-likeness (QED) is 0.599. The average molecular weight is 208 g/mol. The highest BCUT2D eigenvalue weighted by atomic mass is 15.0. The molecule has 3 aromatic rings. The van der Waals surface area contributed by atoms with Crippen LogP contribution in [0.25, 0.3) is 16.5 Å². The summed E-state index contributed by atoms with van der Waals surface area (Å²) in [5.74, 6) is 0. The highest BCUT2D eigenvalue weighted by Gasteiger charge is 2.05. The molecule has 0 atom stereocenters. The second kappa shape index (κ2) is 3.49. The summed E-state index contributed by atoms with van der Waals surface area (Å²) in [6.45, 7) is 2.13. The predicted molar refractivity (Wildman–Crippen MR) is 65.8 cm³/mol. The summed E-state index contributed by atoms with van der Waals surface area (Å²) in [4.78, 5) is 4.11. The number of aromatic nitrogens is 2. The highest BCUT2D eigenvalue weighted by Crippen LogP contribution is 2.25. The van der Waals surface area contributed by atoms with E-state index in [1.54, 1.807) is 6.20 Å². The molecule has 0 unspecified atom stereocenters. The van der Waals surface area contributed by atoms with Gasteiger partial charge in [0.25, 0.3) is 0 Å². The van der Waals surface area contributed by atoms with E-state index in [4.69, 9.17) is 0 Å².